The minimum absolute atomic E-state index is 0.0710. The van der Waals surface area contributed by atoms with Crippen molar-refractivity contribution in [3.05, 3.63) is 29.8 Å². The van der Waals surface area contributed by atoms with Gasteiger partial charge in [0, 0.05) is 19.6 Å². The number of halogens is 3. The van der Waals surface area contributed by atoms with Crippen LogP contribution in [0.4, 0.5) is 13.2 Å². The molecule has 0 bridgehead atoms. The summed E-state index contributed by atoms with van der Waals surface area (Å²) < 4.78 is 67.4. The number of nitrogens with zero attached hydrogens (tertiary/aromatic N) is 1. The Kier molecular flexibility index (Phi) is 7.33. The minimum Gasteiger partial charge on any atom is -0.406 e. The first-order chi connectivity index (χ1) is 12.9. The van der Waals surface area contributed by atoms with E-state index in [0.29, 0.717) is 11.5 Å². The molecule has 0 saturated heterocycles. The van der Waals surface area contributed by atoms with E-state index in [1.165, 1.54) is 24.1 Å². The number of carbonyl (C=O) groups excluding carboxylic acids is 1. The second-order valence-electron chi connectivity index (χ2n) is 7.28. The molecule has 0 spiro atoms. The van der Waals surface area contributed by atoms with Crippen LogP contribution in [0.3, 0.4) is 0 Å². The molecule has 1 fully saturated rings. The van der Waals surface area contributed by atoms with Gasteiger partial charge in [0.1, 0.15) is 11.5 Å². The van der Waals surface area contributed by atoms with Crippen molar-refractivity contribution in [1.82, 2.24) is 9.62 Å². The van der Waals surface area contributed by atoms with Gasteiger partial charge in [-0.3, -0.25) is 4.79 Å². The Labute approximate surface area is 163 Å². The van der Waals surface area contributed by atoms with Gasteiger partial charge in [0.25, 0.3) is 0 Å². The molecule has 1 N–H and O–H groups in total. The number of alkyl halides is 3. The Morgan fingerprint density at radius 1 is 1.18 bits per heavy atom. The number of hydrogen-bond donors (Lipinski definition) is 1. The zero-order valence-electron chi connectivity index (χ0n) is 15.8. The maximum Gasteiger partial charge on any atom is 0.573 e. The monoisotopic (exact) mass is 422 g/mol. The smallest absolute Gasteiger partial charge is 0.406 e. The first-order valence-corrected chi connectivity index (χ1v) is 10.7. The molecule has 2 rings (SSSR count). The van der Waals surface area contributed by atoms with E-state index in [4.69, 9.17) is 0 Å². The second-order valence-corrected chi connectivity index (χ2v) is 9.03. The second kappa shape index (κ2) is 9.13. The molecule has 0 aromatic heterocycles. The quantitative estimate of drug-likeness (QED) is 0.733. The summed E-state index contributed by atoms with van der Waals surface area (Å²) in [6, 6.07) is 4.93. The molecule has 10 heteroatoms. The molecule has 0 heterocycles. The van der Waals surface area contributed by atoms with Crippen LogP contribution in [0, 0.1) is 5.92 Å². The number of nitrogens with one attached hydrogen (secondary N) is 1. The fraction of sp³-hybridized carbons (Fsp3) is 0.611. The summed E-state index contributed by atoms with van der Waals surface area (Å²) in [4.78, 5) is 13.5. The zero-order valence-corrected chi connectivity index (χ0v) is 16.6. The van der Waals surface area contributed by atoms with Gasteiger partial charge in [-0.2, -0.15) is 0 Å². The van der Waals surface area contributed by atoms with Crippen LogP contribution in [0.1, 0.15) is 38.2 Å². The van der Waals surface area contributed by atoms with E-state index >= 15 is 0 Å². The SMILES string of the molecule is CC1CCC(NS(=O)(=O)CC(=O)N(C)Cc2ccc(OC(F)(F)F)cc2)CC1. The highest BCUT2D eigenvalue weighted by Gasteiger charge is 2.31. The summed E-state index contributed by atoms with van der Waals surface area (Å²) in [6.07, 6.45) is -1.34. The van der Waals surface area contributed by atoms with Crippen LogP contribution in [0.5, 0.6) is 5.75 Å². The summed E-state index contributed by atoms with van der Waals surface area (Å²) in [5.74, 6) is -1.03. The van der Waals surface area contributed by atoms with E-state index in [2.05, 4.69) is 16.4 Å². The highest BCUT2D eigenvalue weighted by Crippen LogP contribution is 2.24. The molecular formula is C18H25F3N2O4S. The molecule has 0 atom stereocenters. The Bertz CT molecular complexity index is 758. The lowest BCUT2D eigenvalue weighted by molar-refractivity contribution is -0.274. The van der Waals surface area contributed by atoms with Crippen molar-refractivity contribution in [3.8, 4) is 5.75 Å². The largest absolute Gasteiger partial charge is 0.573 e. The number of ether oxygens (including phenoxy) is 1. The molecule has 1 saturated carbocycles. The summed E-state index contributed by atoms with van der Waals surface area (Å²) in [6.45, 7) is 2.20. The summed E-state index contributed by atoms with van der Waals surface area (Å²) in [5.41, 5.74) is 0.553. The van der Waals surface area contributed by atoms with E-state index in [1.807, 2.05) is 0 Å². The molecule has 158 valence electrons. The average molecular weight is 422 g/mol. The minimum atomic E-state index is -4.77. The molecule has 1 aliphatic carbocycles. The van der Waals surface area contributed by atoms with E-state index in [-0.39, 0.29) is 18.3 Å². The third kappa shape index (κ3) is 7.67. The predicted molar refractivity (Wildman–Crippen MR) is 97.9 cm³/mol. The zero-order chi connectivity index (χ0) is 20.9. The van der Waals surface area contributed by atoms with Crippen molar-refractivity contribution in [1.29, 1.82) is 0 Å². The highest BCUT2D eigenvalue weighted by molar-refractivity contribution is 7.90. The number of sulfonamides is 1. The van der Waals surface area contributed by atoms with Gasteiger partial charge in [-0.15, -0.1) is 13.2 Å². The maximum atomic E-state index is 12.2. The predicted octanol–water partition coefficient (Wildman–Crippen LogP) is 3.04. The molecule has 0 aliphatic heterocycles. The molecule has 6 nitrogen and oxygen atoms in total. The fourth-order valence-corrected chi connectivity index (χ4v) is 4.48. The van der Waals surface area contributed by atoms with Crippen LogP contribution in [0.25, 0.3) is 0 Å². The summed E-state index contributed by atoms with van der Waals surface area (Å²) >= 11 is 0. The van der Waals surface area contributed by atoms with Gasteiger partial charge >= 0.3 is 6.36 Å². The third-order valence-corrected chi connectivity index (χ3v) is 6.00. The molecule has 1 aromatic rings. The van der Waals surface area contributed by atoms with Crippen LogP contribution in [-0.2, 0) is 21.4 Å². The van der Waals surface area contributed by atoms with Crippen molar-refractivity contribution < 1.29 is 31.1 Å². The number of carbonyl (C=O) groups is 1. The van der Waals surface area contributed by atoms with Crippen molar-refractivity contribution >= 4 is 15.9 Å². The van der Waals surface area contributed by atoms with E-state index in [9.17, 15) is 26.4 Å². The highest BCUT2D eigenvalue weighted by atomic mass is 32.2. The Morgan fingerprint density at radius 3 is 2.29 bits per heavy atom. The van der Waals surface area contributed by atoms with Crippen molar-refractivity contribution in [2.24, 2.45) is 5.92 Å². The standard InChI is InChI=1S/C18H25F3N2O4S/c1-13-3-7-15(8-4-13)22-28(25,26)12-17(24)23(2)11-14-5-9-16(10-6-14)27-18(19,20)21/h5-6,9-10,13,15,22H,3-4,7-8,11-12H2,1-2H3. The van der Waals surface area contributed by atoms with Gasteiger partial charge < -0.3 is 9.64 Å². The Morgan fingerprint density at radius 2 is 1.75 bits per heavy atom. The average Bonchev–Trinajstić information content (AvgIpc) is 2.56. The van der Waals surface area contributed by atoms with E-state index in [1.54, 1.807) is 0 Å². The lowest BCUT2D eigenvalue weighted by Gasteiger charge is -2.27. The lowest BCUT2D eigenvalue weighted by atomic mass is 9.88. The van der Waals surface area contributed by atoms with Crippen LogP contribution in [0.2, 0.25) is 0 Å². The molecule has 1 amide bonds. The number of amides is 1. The molecule has 0 unspecified atom stereocenters. The van der Waals surface area contributed by atoms with Gasteiger partial charge in [-0.25, -0.2) is 13.1 Å². The van der Waals surface area contributed by atoms with E-state index in [0.717, 1.165) is 37.8 Å². The topological polar surface area (TPSA) is 75.7 Å². The molecule has 0 radical (unpaired) electrons. The fourth-order valence-electron chi connectivity index (χ4n) is 3.10. The molecule has 28 heavy (non-hydrogen) atoms. The summed E-state index contributed by atoms with van der Waals surface area (Å²) in [5, 5.41) is 0. The maximum absolute atomic E-state index is 12.2. The summed E-state index contributed by atoms with van der Waals surface area (Å²) in [7, 11) is -2.30. The third-order valence-electron chi connectivity index (χ3n) is 4.68. The number of rotatable bonds is 7. The van der Waals surface area contributed by atoms with Crippen molar-refractivity contribution in [2.45, 2.75) is 51.6 Å². The van der Waals surface area contributed by atoms with Gasteiger partial charge in [-0.1, -0.05) is 19.1 Å². The number of benzene rings is 1. The van der Waals surface area contributed by atoms with Crippen LogP contribution in [0.15, 0.2) is 24.3 Å². The van der Waals surface area contributed by atoms with Crippen molar-refractivity contribution in [3.63, 3.8) is 0 Å². The molecular weight excluding hydrogens is 397 g/mol. The van der Waals surface area contributed by atoms with E-state index < -0.39 is 28.0 Å². The van der Waals surface area contributed by atoms with Crippen LogP contribution in [-0.4, -0.2) is 44.4 Å². The number of hydrogen-bond acceptors (Lipinski definition) is 4. The lowest BCUT2D eigenvalue weighted by Crippen LogP contribution is -2.42. The van der Waals surface area contributed by atoms with Crippen LogP contribution < -0.4 is 9.46 Å². The normalized spacial score (nSPS) is 20.6. The molecule has 1 aliphatic rings. The van der Waals surface area contributed by atoms with Gasteiger partial charge in [-0.05, 0) is 49.3 Å². The Hall–Kier alpha value is -1.81. The first-order valence-electron chi connectivity index (χ1n) is 9.02. The van der Waals surface area contributed by atoms with Gasteiger partial charge in [0.05, 0.1) is 0 Å². The van der Waals surface area contributed by atoms with Crippen LogP contribution >= 0.6 is 0 Å². The van der Waals surface area contributed by atoms with Crippen molar-refractivity contribution in [2.75, 3.05) is 12.8 Å². The first kappa shape index (κ1) is 22.5. The molecule has 1 aromatic carbocycles. The van der Waals surface area contributed by atoms with Gasteiger partial charge in [0.2, 0.25) is 15.9 Å². The Balaban J connectivity index is 1.86. The van der Waals surface area contributed by atoms with Gasteiger partial charge in [0.15, 0.2) is 0 Å².